The highest BCUT2D eigenvalue weighted by Gasteiger charge is 2.21. The quantitative estimate of drug-likeness (QED) is 0.699. The third kappa shape index (κ3) is 5.57. The van der Waals surface area contributed by atoms with E-state index in [-0.39, 0.29) is 0 Å². The Hall–Kier alpha value is -1.36. The highest BCUT2D eigenvalue weighted by molar-refractivity contribution is 6.30. The maximum atomic E-state index is 5.98. The number of imidazole rings is 1. The normalized spacial score (nSPS) is 18.5. The monoisotopic (exact) mass is 374 g/mol. The van der Waals surface area contributed by atoms with Gasteiger partial charge in [-0.3, -0.25) is 4.90 Å². The van der Waals surface area contributed by atoms with Crippen molar-refractivity contribution in [1.82, 2.24) is 19.4 Å². The Morgan fingerprint density at radius 3 is 2.85 bits per heavy atom. The lowest BCUT2D eigenvalue weighted by Crippen LogP contribution is -2.41. The molecular formula is C21H31ClN4. The molecule has 1 fully saturated rings. The molecule has 0 bridgehead atoms. The summed E-state index contributed by atoms with van der Waals surface area (Å²) in [6.07, 6.45) is 7.73. The molecule has 2 aromatic rings. The van der Waals surface area contributed by atoms with Crippen LogP contribution in [0, 0.1) is 5.92 Å². The van der Waals surface area contributed by atoms with Gasteiger partial charge in [-0.05, 0) is 63.4 Å². The maximum Gasteiger partial charge on any atom is 0.122 e. The van der Waals surface area contributed by atoms with Crippen molar-refractivity contribution in [2.75, 3.05) is 33.2 Å². The zero-order valence-corrected chi connectivity index (χ0v) is 16.8. The van der Waals surface area contributed by atoms with Gasteiger partial charge in [-0.25, -0.2) is 4.98 Å². The van der Waals surface area contributed by atoms with Crippen LogP contribution in [-0.2, 0) is 19.5 Å². The molecule has 0 N–H and O–H groups in total. The van der Waals surface area contributed by atoms with E-state index in [4.69, 9.17) is 11.6 Å². The minimum absolute atomic E-state index is 0.754. The number of aryl methyl sites for hydroxylation is 1. The molecule has 4 nitrogen and oxygen atoms in total. The summed E-state index contributed by atoms with van der Waals surface area (Å²) in [5, 5.41) is 0.818. The smallest absolute Gasteiger partial charge is 0.122 e. The molecule has 0 aliphatic carbocycles. The molecule has 2 heterocycles. The first-order valence-electron chi connectivity index (χ1n) is 9.79. The summed E-state index contributed by atoms with van der Waals surface area (Å²) in [5.41, 5.74) is 1.38. The van der Waals surface area contributed by atoms with Crippen LogP contribution in [0.4, 0.5) is 0 Å². The fourth-order valence-corrected chi connectivity index (χ4v) is 4.09. The number of halogens is 1. The van der Waals surface area contributed by atoms with E-state index in [0.717, 1.165) is 43.5 Å². The number of benzene rings is 1. The molecule has 1 saturated heterocycles. The van der Waals surface area contributed by atoms with Crippen LogP contribution in [0.15, 0.2) is 36.7 Å². The molecule has 1 aromatic heterocycles. The van der Waals surface area contributed by atoms with Crippen LogP contribution in [0.3, 0.4) is 0 Å². The Bertz CT molecular complexity index is 667. The predicted octanol–water partition coefficient (Wildman–Crippen LogP) is 3.94. The highest BCUT2D eigenvalue weighted by Crippen LogP contribution is 2.19. The second kappa shape index (κ2) is 9.54. The Morgan fingerprint density at radius 1 is 1.27 bits per heavy atom. The average Bonchev–Trinajstić information content (AvgIpc) is 3.08. The first kappa shape index (κ1) is 19.4. The van der Waals surface area contributed by atoms with Gasteiger partial charge in [-0.2, -0.15) is 0 Å². The molecule has 5 heteroatoms. The van der Waals surface area contributed by atoms with Gasteiger partial charge in [0.15, 0.2) is 0 Å². The largest absolute Gasteiger partial charge is 0.334 e. The van der Waals surface area contributed by atoms with Crippen LogP contribution >= 0.6 is 11.6 Å². The minimum atomic E-state index is 0.754. The molecule has 0 spiro atoms. The van der Waals surface area contributed by atoms with Gasteiger partial charge < -0.3 is 9.47 Å². The Labute approximate surface area is 162 Å². The van der Waals surface area contributed by atoms with Crippen molar-refractivity contribution in [3.8, 4) is 0 Å². The van der Waals surface area contributed by atoms with E-state index in [1.807, 2.05) is 18.3 Å². The fraction of sp³-hybridized carbons (Fsp3) is 0.571. The molecule has 142 valence electrons. The number of hydrogen-bond donors (Lipinski definition) is 0. The average molecular weight is 375 g/mol. The van der Waals surface area contributed by atoms with E-state index in [2.05, 4.69) is 51.7 Å². The lowest BCUT2D eigenvalue weighted by molar-refractivity contribution is 0.141. The zero-order valence-electron chi connectivity index (χ0n) is 16.1. The van der Waals surface area contributed by atoms with Crippen molar-refractivity contribution in [3.63, 3.8) is 0 Å². The summed E-state index contributed by atoms with van der Waals surface area (Å²) in [5.74, 6) is 1.93. The summed E-state index contributed by atoms with van der Waals surface area (Å²) in [4.78, 5) is 9.57. The lowest BCUT2D eigenvalue weighted by atomic mass is 9.97. The van der Waals surface area contributed by atoms with Crippen LogP contribution in [0.25, 0.3) is 0 Å². The SMILES string of the molecule is CCn1ccnc1CN(C)CC1CCCN(CCc2ccc(Cl)cc2)C1. The van der Waals surface area contributed by atoms with E-state index >= 15 is 0 Å². The summed E-state index contributed by atoms with van der Waals surface area (Å²) in [6.45, 7) is 8.82. The van der Waals surface area contributed by atoms with Crippen LogP contribution in [0.5, 0.6) is 0 Å². The van der Waals surface area contributed by atoms with Crippen molar-refractivity contribution < 1.29 is 0 Å². The number of rotatable bonds is 8. The molecule has 26 heavy (non-hydrogen) atoms. The number of aromatic nitrogens is 2. The second-order valence-electron chi connectivity index (χ2n) is 7.51. The summed E-state index contributed by atoms with van der Waals surface area (Å²) in [6, 6.07) is 8.27. The second-order valence-corrected chi connectivity index (χ2v) is 7.95. The van der Waals surface area contributed by atoms with Gasteiger partial charge >= 0.3 is 0 Å². The van der Waals surface area contributed by atoms with Crippen LogP contribution in [0.2, 0.25) is 5.02 Å². The summed E-state index contributed by atoms with van der Waals surface area (Å²) < 4.78 is 2.23. The molecule has 0 amide bonds. The standard InChI is InChI=1S/C21H31ClN4/c1-3-26-14-11-23-21(26)17-24(2)15-19-5-4-12-25(16-19)13-10-18-6-8-20(22)9-7-18/h6-9,11,14,19H,3-5,10,12-13,15-17H2,1-2H3. The third-order valence-electron chi connectivity index (χ3n) is 5.36. The molecule has 1 atom stereocenters. The highest BCUT2D eigenvalue weighted by atomic mass is 35.5. The molecule has 1 aromatic carbocycles. The van der Waals surface area contributed by atoms with Gasteiger partial charge in [0.25, 0.3) is 0 Å². The van der Waals surface area contributed by atoms with Crippen LogP contribution in [-0.4, -0.2) is 52.6 Å². The Kier molecular flexibility index (Phi) is 7.12. The van der Waals surface area contributed by atoms with Crippen molar-refractivity contribution >= 4 is 11.6 Å². The van der Waals surface area contributed by atoms with Gasteiger partial charge in [0.05, 0.1) is 6.54 Å². The minimum Gasteiger partial charge on any atom is -0.334 e. The van der Waals surface area contributed by atoms with Crippen LogP contribution in [0.1, 0.15) is 31.2 Å². The lowest BCUT2D eigenvalue weighted by Gasteiger charge is -2.34. The van der Waals surface area contributed by atoms with Gasteiger partial charge in [0.1, 0.15) is 5.82 Å². The first-order valence-corrected chi connectivity index (χ1v) is 10.2. The Morgan fingerprint density at radius 2 is 2.08 bits per heavy atom. The molecule has 1 aliphatic heterocycles. The van der Waals surface area contributed by atoms with E-state index in [0.29, 0.717) is 0 Å². The maximum absolute atomic E-state index is 5.98. The first-order chi connectivity index (χ1) is 12.6. The number of nitrogens with zero attached hydrogens (tertiary/aromatic N) is 4. The number of piperidine rings is 1. The van der Waals surface area contributed by atoms with Gasteiger partial charge in [0.2, 0.25) is 0 Å². The van der Waals surface area contributed by atoms with Crippen LogP contribution < -0.4 is 0 Å². The van der Waals surface area contributed by atoms with E-state index in [1.165, 1.54) is 37.3 Å². The van der Waals surface area contributed by atoms with E-state index in [1.54, 1.807) is 0 Å². The van der Waals surface area contributed by atoms with Crippen molar-refractivity contribution in [2.45, 2.75) is 39.3 Å². The molecule has 1 aliphatic rings. The number of likely N-dealkylation sites (tertiary alicyclic amines) is 1. The third-order valence-corrected chi connectivity index (χ3v) is 5.61. The van der Waals surface area contributed by atoms with Crippen molar-refractivity contribution in [2.24, 2.45) is 5.92 Å². The zero-order chi connectivity index (χ0) is 18.4. The Balaban J connectivity index is 1.44. The molecular weight excluding hydrogens is 344 g/mol. The molecule has 0 saturated carbocycles. The van der Waals surface area contributed by atoms with Gasteiger partial charge in [0, 0.05) is 43.6 Å². The van der Waals surface area contributed by atoms with E-state index < -0.39 is 0 Å². The molecule has 1 unspecified atom stereocenters. The fourth-order valence-electron chi connectivity index (χ4n) is 3.97. The van der Waals surface area contributed by atoms with Gasteiger partial charge in [-0.1, -0.05) is 23.7 Å². The van der Waals surface area contributed by atoms with E-state index in [9.17, 15) is 0 Å². The van der Waals surface area contributed by atoms with Crippen molar-refractivity contribution in [1.29, 1.82) is 0 Å². The topological polar surface area (TPSA) is 24.3 Å². The summed E-state index contributed by atoms with van der Waals surface area (Å²) >= 11 is 5.98. The molecule has 3 rings (SSSR count). The predicted molar refractivity (Wildman–Crippen MR) is 109 cm³/mol. The van der Waals surface area contributed by atoms with Crippen molar-refractivity contribution in [3.05, 3.63) is 53.1 Å². The molecule has 0 radical (unpaired) electrons. The van der Waals surface area contributed by atoms with Gasteiger partial charge in [-0.15, -0.1) is 0 Å². The number of hydrogen-bond acceptors (Lipinski definition) is 3. The summed E-state index contributed by atoms with van der Waals surface area (Å²) in [7, 11) is 2.22.